The number of imide groups is 1. The summed E-state index contributed by atoms with van der Waals surface area (Å²) in [6.07, 6.45) is 9.89. The number of unbranched alkanes of at least 4 members (excludes halogenated alkanes) is 1. The summed E-state index contributed by atoms with van der Waals surface area (Å²) in [5.41, 5.74) is 0. The zero-order valence-electron chi connectivity index (χ0n) is 12.5. The molecule has 1 aliphatic heterocycles. The Bertz CT molecular complexity index is 412. The molecule has 0 spiro atoms. The van der Waals surface area contributed by atoms with Crippen molar-refractivity contribution in [3.63, 3.8) is 0 Å². The van der Waals surface area contributed by atoms with E-state index in [-0.39, 0.29) is 23.7 Å². The molecule has 3 nitrogen and oxygen atoms in total. The van der Waals surface area contributed by atoms with E-state index < -0.39 is 0 Å². The molecule has 2 amide bonds. The molecule has 1 heterocycles. The van der Waals surface area contributed by atoms with Gasteiger partial charge in [0.25, 0.3) is 0 Å². The maximum absolute atomic E-state index is 12.6. The quantitative estimate of drug-likeness (QED) is 0.552. The van der Waals surface area contributed by atoms with Crippen molar-refractivity contribution < 1.29 is 9.59 Å². The number of carbonyl (C=O) groups excluding carboxylic acids is 2. The highest BCUT2D eigenvalue weighted by molar-refractivity contribution is 6.06. The molecule has 2 bridgehead atoms. The molecular weight excluding hydrogens is 250 g/mol. The van der Waals surface area contributed by atoms with Crippen molar-refractivity contribution in [1.82, 2.24) is 4.90 Å². The van der Waals surface area contributed by atoms with Crippen molar-refractivity contribution >= 4 is 11.8 Å². The molecule has 1 saturated carbocycles. The average molecular weight is 275 g/mol. The minimum absolute atomic E-state index is 0.0267. The van der Waals surface area contributed by atoms with Crippen LogP contribution < -0.4 is 0 Å². The van der Waals surface area contributed by atoms with Crippen molar-refractivity contribution in [2.75, 3.05) is 6.54 Å². The lowest BCUT2D eigenvalue weighted by Crippen LogP contribution is -2.37. The number of carbonyl (C=O) groups is 2. The second-order valence-corrected chi connectivity index (χ2v) is 6.70. The molecule has 0 N–H and O–H groups in total. The molecule has 3 rings (SSSR count). The lowest BCUT2D eigenvalue weighted by molar-refractivity contribution is -0.141. The first-order chi connectivity index (χ1) is 9.67. The lowest BCUT2D eigenvalue weighted by atomic mass is 9.85. The first-order valence-corrected chi connectivity index (χ1v) is 8.20. The number of nitrogens with zero attached hydrogens (tertiary/aromatic N) is 1. The number of likely N-dealkylation sites (tertiary alicyclic amines) is 1. The molecule has 1 unspecified atom stereocenters. The minimum atomic E-state index is -0.0267. The van der Waals surface area contributed by atoms with Crippen LogP contribution in [0.2, 0.25) is 0 Å². The van der Waals surface area contributed by atoms with E-state index in [9.17, 15) is 9.59 Å². The molecule has 0 radical (unpaired) electrons. The van der Waals surface area contributed by atoms with E-state index in [1.165, 1.54) is 12.8 Å². The largest absolute Gasteiger partial charge is 0.282 e. The molecular formula is C17H25NO2. The summed E-state index contributed by atoms with van der Waals surface area (Å²) >= 11 is 0. The summed E-state index contributed by atoms with van der Waals surface area (Å²) in [7, 11) is 0. The second kappa shape index (κ2) is 5.34. The second-order valence-electron chi connectivity index (χ2n) is 6.70. The fourth-order valence-corrected chi connectivity index (χ4v) is 4.32. The topological polar surface area (TPSA) is 37.4 Å². The predicted molar refractivity (Wildman–Crippen MR) is 77.7 cm³/mol. The van der Waals surface area contributed by atoms with Crippen LogP contribution in [0.1, 0.15) is 46.0 Å². The number of amides is 2. The SMILES string of the molecule is CCCCC(CC)CN1C(=O)[C@@H]2[C@H](C1=O)[C@H]1C=C[C@@H]2C1. The van der Waals surface area contributed by atoms with Crippen molar-refractivity contribution in [1.29, 1.82) is 0 Å². The Morgan fingerprint density at radius 2 is 1.75 bits per heavy atom. The Morgan fingerprint density at radius 1 is 1.15 bits per heavy atom. The first kappa shape index (κ1) is 13.8. The fraction of sp³-hybridized carbons (Fsp3) is 0.765. The molecule has 1 saturated heterocycles. The van der Waals surface area contributed by atoms with E-state index in [4.69, 9.17) is 0 Å². The van der Waals surface area contributed by atoms with Gasteiger partial charge in [-0.2, -0.15) is 0 Å². The molecule has 2 aliphatic carbocycles. The number of hydrogen-bond donors (Lipinski definition) is 0. The van der Waals surface area contributed by atoms with Crippen LogP contribution in [0.3, 0.4) is 0 Å². The number of hydrogen-bond acceptors (Lipinski definition) is 2. The molecule has 3 aliphatic rings. The van der Waals surface area contributed by atoms with Crippen molar-refractivity contribution in [2.24, 2.45) is 29.6 Å². The van der Waals surface area contributed by atoms with Crippen LogP contribution in [-0.2, 0) is 9.59 Å². The van der Waals surface area contributed by atoms with Gasteiger partial charge >= 0.3 is 0 Å². The molecule has 3 heteroatoms. The van der Waals surface area contributed by atoms with Gasteiger partial charge in [0.1, 0.15) is 0 Å². The average Bonchev–Trinajstić information content (AvgIpc) is 3.12. The van der Waals surface area contributed by atoms with Gasteiger partial charge in [-0.15, -0.1) is 0 Å². The van der Waals surface area contributed by atoms with Crippen molar-refractivity contribution in [2.45, 2.75) is 46.0 Å². The van der Waals surface area contributed by atoms with Gasteiger partial charge < -0.3 is 0 Å². The van der Waals surface area contributed by atoms with Gasteiger partial charge in [-0.3, -0.25) is 14.5 Å². The molecule has 2 fully saturated rings. The van der Waals surface area contributed by atoms with Gasteiger partial charge in [0, 0.05) is 6.54 Å². The molecule has 0 aromatic rings. The fourth-order valence-electron chi connectivity index (χ4n) is 4.32. The first-order valence-electron chi connectivity index (χ1n) is 8.20. The van der Waals surface area contributed by atoms with Gasteiger partial charge in [-0.05, 0) is 30.6 Å². The normalized spacial score (nSPS) is 36.0. The number of allylic oxidation sites excluding steroid dienone is 2. The van der Waals surface area contributed by atoms with Gasteiger partial charge in [0.05, 0.1) is 11.8 Å². The third kappa shape index (κ3) is 2.02. The van der Waals surface area contributed by atoms with Crippen LogP contribution in [0.4, 0.5) is 0 Å². The zero-order chi connectivity index (χ0) is 14.3. The maximum atomic E-state index is 12.6. The van der Waals surface area contributed by atoms with Gasteiger partial charge in [-0.25, -0.2) is 0 Å². The standard InChI is InChI=1S/C17H25NO2/c1-3-5-6-11(4-2)10-18-16(19)14-12-7-8-13(9-12)15(14)17(18)20/h7-8,11-15H,3-6,9-10H2,1-2H3/t11?,12-,13+,14+,15-. The Labute approximate surface area is 121 Å². The zero-order valence-corrected chi connectivity index (χ0v) is 12.5. The van der Waals surface area contributed by atoms with E-state index in [0.29, 0.717) is 24.3 Å². The van der Waals surface area contributed by atoms with Crippen molar-refractivity contribution in [3.05, 3.63) is 12.2 Å². The highest BCUT2D eigenvalue weighted by Crippen LogP contribution is 2.52. The Hall–Kier alpha value is -1.12. The van der Waals surface area contributed by atoms with E-state index in [2.05, 4.69) is 26.0 Å². The van der Waals surface area contributed by atoms with Crippen LogP contribution >= 0.6 is 0 Å². The van der Waals surface area contributed by atoms with Crippen LogP contribution in [0.15, 0.2) is 12.2 Å². The van der Waals surface area contributed by atoms with Gasteiger partial charge in [0.2, 0.25) is 11.8 Å². The van der Waals surface area contributed by atoms with E-state index >= 15 is 0 Å². The third-order valence-electron chi connectivity index (χ3n) is 5.55. The summed E-state index contributed by atoms with van der Waals surface area (Å²) in [5, 5.41) is 0. The van der Waals surface area contributed by atoms with E-state index in [1.807, 2.05) is 0 Å². The Balaban J connectivity index is 1.70. The number of rotatable bonds is 6. The molecule has 110 valence electrons. The molecule has 0 aromatic carbocycles. The van der Waals surface area contributed by atoms with Crippen LogP contribution in [0.25, 0.3) is 0 Å². The van der Waals surface area contributed by atoms with Crippen LogP contribution in [0.5, 0.6) is 0 Å². The Kier molecular flexibility index (Phi) is 3.70. The molecule has 20 heavy (non-hydrogen) atoms. The molecule has 0 aromatic heterocycles. The smallest absolute Gasteiger partial charge is 0.233 e. The summed E-state index contributed by atoms with van der Waals surface area (Å²) in [5.74, 6) is 1.33. The van der Waals surface area contributed by atoms with Crippen molar-refractivity contribution in [3.8, 4) is 0 Å². The third-order valence-corrected chi connectivity index (χ3v) is 5.55. The maximum Gasteiger partial charge on any atom is 0.233 e. The van der Waals surface area contributed by atoms with Crippen LogP contribution in [-0.4, -0.2) is 23.3 Å². The highest BCUT2D eigenvalue weighted by atomic mass is 16.2. The predicted octanol–water partition coefficient (Wildman–Crippen LogP) is 3.01. The summed E-state index contributed by atoms with van der Waals surface area (Å²) in [6, 6.07) is 0. The molecule has 5 atom stereocenters. The summed E-state index contributed by atoms with van der Waals surface area (Å²) < 4.78 is 0. The van der Waals surface area contributed by atoms with E-state index in [0.717, 1.165) is 19.3 Å². The Morgan fingerprint density at radius 3 is 2.25 bits per heavy atom. The lowest BCUT2D eigenvalue weighted by Gasteiger charge is -2.23. The monoisotopic (exact) mass is 275 g/mol. The highest BCUT2D eigenvalue weighted by Gasteiger charge is 2.59. The number of fused-ring (bicyclic) bond motifs is 5. The summed E-state index contributed by atoms with van der Waals surface area (Å²) in [4.78, 5) is 26.8. The summed E-state index contributed by atoms with van der Waals surface area (Å²) in [6.45, 7) is 5.00. The minimum Gasteiger partial charge on any atom is -0.282 e. The van der Waals surface area contributed by atoms with Crippen LogP contribution in [0, 0.1) is 29.6 Å². The van der Waals surface area contributed by atoms with E-state index in [1.54, 1.807) is 4.90 Å². The van der Waals surface area contributed by atoms with Gasteiger partial charge in [0.15, 0.2) is 0 Å². The van der Waals surface area contributed by atoms with Gasteiger partial charge in [-0.1, -0.05) is 45.3 Å².